The number of fused-ring (bicyclic) bond motifs is 1. The first kappa shape index (κ1) is 17.1. The van der Waals surface area contributed by atoms with Crippen LogP contribution in [0, 0.1) is 0 Å². The Hall–Kier alpha value is -3.33. The molecule has 0 atom stereocenters. The number of hydrogen-bond acceptors (Lipinski definition) is 9. The molecule has 138 valence electrons. The number of nitrogens with one attached hydrogen (secondary N) is 1. The maximum atomic E-state index is 5.69. The van der Waals surface area contributed by atoms with Crippen molar-refractivity contribution in [2.45, 2.75) is 0 Å². The summed E-state index contributed by atoms with van der Waals surface area (Å²) in [5, 5.41) is 11.8. The molecule has 1 N–H and O–H groups in total. The number of thiazole rings is 1. The van der Waals surface area contributed by atoms with Gasteiger partial charge in [0.05, 0.1) is 31.5 Å². The lowest BCUT2D eigenvalue weighted by Crippen LogP contribution is -1.90. The van der Waals surface area contributed by atoms with Crippen molar-refractivity contribution >= 4 is 32.7 Å². The minimum atomic E-state index is 0.255. The average Bonchev–Trinajstić information content (AvgIpc) is 3.33. The van der Waals surface area contributed by atoms with Gasteiger partial charge >= 0.3 is 6.01 Å². The van der Waals surface area contributed by atoms with Crippen LogP contribution < -0.4 is 19.5 Å². The number of rotatable bonds is 6. The lowest BCUT2D eigenvalue weighted by atomic mass is 10.2. The van der Waals surface area contributed by atoms with Crippen LogP contribution in [-0.4, -0.2) is 36.5 Å². The van der Waals surface area contributed by atoms with Gasteiger partial charge in [-0.05, 0) is 18.2 Å². The molecular formula is C18H16N4O4S. The number of benzene rings is 2. The minimum Gasteiger partial charge on any atom is -0.497 e. The van der Waals surface area contributed by atoms with Crippen LogP contribution in [0.25, 0.3) is 21.7 Å². The zero-order chi connectivity index (χ0) is 18.8. The highest BCUT2D eigenvalue weighted by Gasteiger charge is 2.14. The van der Waals surface area contributed by atoms with Crippen LogP contribution in [0.4, 0.5) is 11.1 Å². The predicted molar refractivity (Wildman–Crippen MR) is 102 cm³/mol. The Labute approximate surface area is 158 Å². The first-order valence-corrected chi connectivity index (χ1v) is 8.79. The summed E-state index contributed by atoms with van der Waals surface area (Å²) in [6, 6.07) is 11.4. The maximum absolute atomic E-state index is 5.69. The number of nitrogens with zero attached hydrogens (tertiary/aromatic N) is 3. The van der Waals surface area contributed by atoms with E-state index in [1.54, 1.807) is 21.3 Å². The molecule has 0 fully saturated rings. The van der Waals surface area contributed by atoms with E-state index in [0.29, 0.717) is 28.3 Å². The van der Waals surface area contributed by atoms with Crippen LogP contribution >= 0.6 is 11.3 Å². The Bertz CT molecular complexity index is 1050. The van der Waals surface area contributed by atoms with Crippen LogP contribution in [-0.2, 0) is 0 Å². The zero-order valence-corrected chi connectivity index (χ0v) is 15.7. The van der Waals surface area contributed by atoms with Gasteiger partial charge in [0.25, 0.3) is 0 Å². The van der Waals surface area contributed by atoms with Crippen LogP contribution in [0.5, 0.6) is 17.2 Å². The van der Waals surface area contributed by atoms with Crippen molar-refractivity contribution in [3.8, 4) is 28.7 Å². The maximum Gasteiger partial charge on any atom is 0.322 e. The second-order valence-electron chi connectivity index (χ2n) is 5.46. The van der Waals surface area contributed by atoms with Crippen LogP contribution in [0.15, 0.2) is 40.8 Å². The summed E-state index contributed by atoms with van der Waals surface area (Å²) in [7, 11) is 4.80. The van der Waals surface area contributed by atoms with Crippen molar-refractivity contribution in [3.05, 3.63) is 36.4 Å². The summed E-state index contributed by atoms with van der Waals surface area (Å²) in [6.07, 6.45) is 0. The third-order valence-electron chi connectivity index (χ3n) is 3.85. The average molecular weight is 384 g/mol. The molecule has 0 saturated heterocycles. The summed E-state index contributed by atoms with van der Waals surface area (Å²) >= 11 is 1.45. The van der Waals surface area contributed by atoms with Crippen molar-refractivity contribution in [2.24, 2.45) is 0 Å². The molecule has 0 aliphatic carbocycles. The van der Waals surface area contributed by atoms with Gasteiger partial charge in [0, 0.05) is 17.7 Å². The third-order valence-corrected chi connectivity index (χ3v) is 4.78. The first-order chi connectivity index (χ1) is 13.2. The Kier molecular flexibility index (Phi) is 4.51. The fraction of sp³-hybridized carbons (Fsp3) is 0.167. The Morgan fingerprint density at radius 3 is 2.56 bits per heavy atom. The van der Waals surface area contributed by atoms with E-state index in [-0.39, 0.29) is 6.01 Å². The number of anilines is 2. The molecule has 0 bridgehead atoms. The van der Waals surface area contributed by atoms with Crippen LogP contribution in [0.2, 0.25) is 0 Å². The topological polar surface area (TPSA) is 91.5 Å². The van der Waals surface area contributed by atoms with E-state index in [2.05, 4.69) is 20.5 Å². The van der Waals surface area contributed by atoms with Gasteiger partial charge in [-0.25, -0.2) is 4.98 Å². The SMILES string of the molecule is COc1cccc(-c2nnc(Nc3nc4cc(OC)c(OC)cc4s3)o2)c1. The molecule has 0 aliphatic heterocycles. The van der Waals surface area contributed by atoms with Gasteiger partial charge in [-0.3, -0.25) is 5.32 Å². The van der Waals surface area contributed by atoms with Crippen molar-refractivity contribution in [1.29, 1.82) is 0 Å². The minimum absolute atomic E-state index is 0.255. The summed E-state index contributed by atoms with van der Waals surface area (Å²) in [4.78, 5) is 4.53. The molecule has 2 aromatic carbocycles. The third kappa shape index (κ3) is 3.36. The summed E-state index contributed by atoms with van der Waals surface area (Å²) in [5.74, 6) is 2.38. The molecule has 0 aliphatic rings. The van der Waals surface area contributed by atoms with E-state index in [1.165, 1.54) is 11.3 Å². The Morgan fingerprint density at radius 2 is 1.78 bits per heavy atom. The smallest absolute Gasteiger partial charge is 0.322 e. The number of aromatic nitrogens is 3. The van der Waals surface area contributed by atoms with E-state index in [1.807, 2.05) is 36.4 Å². The number of methoxy groups -OCH3 is 3. The molecule has 0 spiro atoms. The predicted octanol–water partition coefficient (Wildman–Crippen LogP) is 4.12. The lowest BCUT2D eigenvalue weighted by Gasteiger charge is -2.05. The monoisotopic (exact) mass is 384 g/mol. The van der Waals surface area contributed by atoms with Crippen molar-refractivity contribution in [3.63, 3.8) is 0 Å². The lowest BCUT2D eigenvalue weighted by molar-refractivity contribution is 0.356. The highest BCUT2D eigenvalue weighted by Crippen LogP contribution is 2.37. The number of ether oxygens (including phenoxy) is 3. The molecule has 2 aromatic heterocycles. The molecular weight excluding hydrogens is 368 g/mol. The summed E-state index contributed by atoms with van der Waals surface area (Å²) in [5.41, 5.74) is 1.56. The van der Waals surface area contributed by atoms with Gasteiger partial charge in [0.2, 0.25) is 5.89 Å². The van der Waals surface area contributed by atoms with Gasteiger partial charge in [-0.1, -0.05) is 22.5 Å². The Balaban J connectivity index is 1.60. The van der Waals surface area contributed by atoms with Gasteiger partial charge in [0.1, 0.15) is 5.75 Å². The highest BCUT2D eigenvalue weighted by molar-refractivity contribution is 7.22. The highest BCUT2D eigenvalue weighted by atomic mass is 32.1. The molecule has 0 radical (unpaired) electrons. The van der Waals surface area contributed by atoms with Gasteiger partial charge in [-0.2, -0.15) is 0 Å². The molecule has 2 heterocycles. The molecule has 4 aromatic rings. The molecule has 8 nitrogen and oxygen atoms in total. The van der Waals surface area contributed by atoms with E-state index < -0.39 is 0 Å². The standard InChI is InChI=1S/C18H16N4O4S/c1-23-11-6-4-5-10(7-11)16-21-22-17(26-16)20-18-19-12-8-13(24-2)14(25-3)9-15(12)27-18/h4-9H,1-3H3,(H,19,20,22). The quantitative estimate of drug-likeness (QED) is 0.531. The molecule has 27 heavy (non-hydrogen) atoms. The normalized spacial score (nSPS) is 10.8. The second-order valence-corrected chi connectivity index (χ2v) is 6.49. The fourth-order valence-electron chi connectivity index (χ4n) is 2.55. The second kappa shape index (κ2) is 7.12. The van der Waals surface area contributed by atoms with Gasteiger partial charge in [0.15, 0.2) is 16.6 Å². The van der Waals surface area contributed by atoms with Gasteiger partial charge in [-0.15, -0.1) is 5.10 Å². The molecule has 0 amide bonds. The summed E-state index contributed by atoms with van der Waals surface area (Å²) < 4.78 is 22.5. The van der Waals surface area contributed by atoms with Crippen molar-refractivity contribution < 1.29 is 18.6 Å². The molecule has 9 heteroatoms. The van der Waals surface area contributed by atoms with E-state index in [9.17, 15) is 0 Å². The van der Waals surface area contributed by atoms with Crippen LogP contribution in [0.1, 0.15) is 0 Å². The molecule has 4 rings (SSSR count). The van der Waals surface area contributed by atoms with E-state index >= 15 is 0 Å². The van der Waals surface area contributed by atoms with Gasteiger partial charge < -0.3 is 18.6 Å². The first-order valence-electron chi connectivity index (χ1n) is 7.97. The number of hydrogen-bond donors (Lipinski definition) is 1. The van der Waals surface area contributed by atoms with Crippen molar-refractivity contribution in [2.75, 3.05) is 26.6 Å². The fourth-order valence-corrected chi connectivity index (χ4v) is 3.41. The zero-order valence-electron chi connectivity index (χ0n) is 14.8. The summed E-state index contributed by atoms with van der Waals surface area (Å²) in [6.45, 7) is 0. The van der Waals surface area contributed by atoms with Crippen molar-refractivity contribution in [1.82, 2.24) is 15.2 Å². The Morgan fingerprint density at radius 1 is 0.963 bits per heavy atom. The van der Waals surface area contributed by atoms with E-state index in [4.69, 9.17) is 18.6 Å². The largest absolute Gasteiger partial charge is 0.497 e. The molecule has 0 unspecified atom stereocenters. The van der Waals surface area contributed by atoms with E-state index in [0.717, 1.165) is 15.8 Å². The molecule has 0 saturated carbocycles. The van der Waals surface area contributed by atoms with Crippen LogP contribution in [0.3, 0.4) is 0 Å².